The summed E-state index contributed by atoms with van der Waals surface area (Å²) in [5.41, 5.74) is -0.562. The number of carbonyl (C=O) groups is 1. The Kier molecular flexibility index (Phi) is 5.94. The maximum absolute atomic E-state index is 13.5. The molecule has 3 aromatic rings. The zero-order valence-corrected chi connectivity index (χ0v) is 15.2. The van der Waals surface area contributed by atoms with Gasteiger partial charge in [-0.15, -0.1) is 11.3 Å². The summed E-state index contributed by atoms with van der Waals surface area (Å²) in [4.78, 5) is 13.2. The van der Waals surface area contributed by atoms with Crippen LogP contribution in [0.4, 0.5) is 17.6 Å². The summed E-state index contributed by atoms with van der Waals surface area (Å²) >= 11 is 1.34. The molecule has 0 fully saturated rings. The SMILES string of the molecule is O=C(/C=C(/c1ccccc1)C(F)(F)F)NC(c1ccc(F)cc1)c1cccs1. The number of halogens is 4. The number of nitrogens with one attached hydrogen (secondary N) is 1. The average molecular weight is 405 g/mol. The van der Waals surface area contributed by atoms with Crippen LogP contribution < -0.4 is 5.32 Å². The molecule has 1 unspecified atom stereocenters. The lowest BCUT2D eigenvalue weighted by molar-refractivity contribution is -0.117. The quantitative estimate of drug-likeness (QED) is 0.426. The highest BCUT2D eigenvalue weighted by Crippen LogP contribution is 2.34. The van der Waals surface area contributed by atoms with Crippen LogP contribution in [0.5, 0.6) is 0 Å². The predicted octanol–water partition coefficient (Wildman–Crippen LogP) is 5.74. The van der Waals surface area contributed by atoms with Crippen molar-refractivity contribution in [2.75, 3.05) is 0 Å². The lowest BCUT2D eigenvalue weighted by Crippen LogP contribution is -2.28. The van der Waals surface area contributed by atoms with E-state index in [-0.39, 0.29) is 5.56 Å². The van der Waals surface area contributed by atoms with E-state index in [0.29, 0.717) is 11.6 Å². The molecule has 1 heterocycles. The third-order valence-corrected chi connectivity index (χ3v) is 4.92. The van der Waals surface area contributed by atoms with Gasteiger partial charge in [-0.1, -0.05) is 48.5 Å². The number of rotatable bonds is 5. The van der Waals surface area contributed by atoms with Crippen LogP contribution in [0.1, 0.15) is 22.0 Å². The first-order chi connectivity index (χ1) is 13.3. The molecule has 2 nitrogen and oxygen atoms in total. The Bertz CT molecular complexity index is 948. The summed E-state index contributed by atoms with van der Waals surface area (Å²) in [5.74, 6) is -1.33. The van der Waals surface area contributed by atoms with Crippen molar-refractivity contribution < 1.29 is 22.4 Å². The van der Waals surface area contributed by atoms with Gasteiger partial charge in [0, 0.05) is 11.0 Å². The van der Waals surface area contributed by atoms with E-state index in [4.69, 9.17) is 0 Å². The van der Waals surface area contributed by atoms with Gasteiger partial charge in [-0.25, -0.2) is 4.39 Å². The van der Waals surface area contributed by atoms with Gasteiger partial charge in [0.05, 0.1) is 11.6 Å². The van der Waals surface area contributed by atoms with E-state index >= 15 is 0 Å². The van der Waals surface area contributed by atoms with Gasteiger partial charge in [0.15, 0.2) is 0 Å². The fraction of sp³-hybridized carbons (Fsp3) is 0.0952. The molecule has 3 rings (SSSR count). The van der Waals surface area contributed by atoms with Crippen LogP contribution in [0.25, 0.3) is 5.57 Å². The first-order valence-corrected chi connectivity index (χ1v) is 9.16. The van der Waals surface area contributed by atoms with Gasteiger partial charge >= 0.3 is 6.18 Å². The van der Waals surface area contributed by atoms with Gasteiger partial charge in [0.25, 0.3) is 0 Å². The van der Waals surface area contributed by atoms with Gasteiger partial charge in [0.1, 0.15) is 5.82 Å². The molecule has 1 atom stereocenters. The van der Waals surface area contributed by atoms with Gasteiger partial charge in [-0.05, 0) is 34.7 Å². The van der Waals surface area contributed by atoms with Gasteiger partial charge in [0.2, 0.25) is 5.91 Å². The third-order valence-electron chi connectivity index (χ3n) is 3.98. The molecule has 1 amide bonds. The molecule has 28 heavy (non-hydrogen) atoms. The molecule has 7 heteroatoms. The van der Waals surface area contributed by atoms with E-state index < -0.39 is 29.5 Å². The number of benzene rings is 2. The summed E-state index contributed by atoms with van der Waals surface area (Å²) < 4.78 is 53.6. The molecule has 144 valence electrons. The first kappa shape index (κ1) is 19.8. The molecule has 2 aromatic carbocycles. The summed E-state index contributed by atoms with van der Waals surface area (Å²) in [6, 6.07) is 15.4. The molecule has 0 aliphatic heterocycles. The van der Waals surface area contributed by atoms with Crippen molar-refractivity contribution in [3.05, 3.63) is 100 Å². The molecule has 0 saturated carbocycles. The molecular weight excluding hydrogens is 390 g/mol. The van der Waals surface area contributed by atoms with Crippen LogP contribution in [-0.2, 0) is 4.79 Å². The highest BCUT2D eigenvalue weighted by Gasteiger charge is 2.35. The Hall–Kier alpha value is -2.93. The molecule has 0 spiro atoms. The van der Waals surface area contributed by atoms with Crippen molar-refractivity contribution in [1.82, 2.24) is 5.32 Å². The number of thiophene rings is 1. The van der Waals surface area contributed by atoms with Gasteiger partial charge < -0.3 is 5.32 Å². The fourth-order valence-electron chi connectivity index (χ4n) is 2.69. The topological polar surface area (TPSA) is 29.1 Å². The van der Waals surface area contributed by atoms with Crippen molar-refractivity contribution in [3.63, 3.8) is 0 Å². The van der Waals surface area contributed by atoms with Crippen LogP contribution in [0, 0.1) is 5.82 Å². The molecule has 1 aromatic heterocycles. The molecule has 0 aliphatic rings. The van der Waals surface area contributed by atoms with E-state index in [1.54, 1.807) is 23.6 Å². The van der Waals surface area contributed by atoms with Crippen molar-refractivity contribution in [3.8, 4) is 0 Å². The average Bonchev–Trinajstić information content (AvgIpc) is 3.19. The molecular formula is C21H15F4NOS. The minimum absolute atomic E-state index is 0.0976. The van der Waals surface area contributed by atoms with E-state index in [1.807, 2.05) is 0 Å². The number of hydrogen-bond acceptors (Lipinski definition) is 2. The number of carbonyl (C=O) groups excluding carboxylic acids is 1. The summed E-state index contributed by atoms with van der Waals surface area (Å²) in [6.07, 6.45) is -4.13. The Morgan fingerprint density at radius 1 is 0.964 bits per heavy atom. The number of amides is 1. The second-order valence-corrected chi connectivity index (χ2v) is 6.91. The lowest BCUT2D eigenvalue weighted by atomic mass is 10.0. The lowest BCUT2D eigenvalue weighted by Gasteiger charge is -2.18. The number of allylic oxidation sites excluding steroid dienone is 1. The minimum Gasteiger partial charge on any atom is -0.341 e. The molecule has 0 radical (unpaired) electrons. The van der Waals surface area contributed by atoms with E-state index in [0.717, 1.165) is 4.88 Å². The second kappa shape index (κ2) is 8.39. The van der Waals surface area contributed by atoms with Crippen molar-refractivity contribution in [2.45, 2.75) is 12.2 Å². The van der Waals surface area contributed by atoms with Crippen LogP contribution in [0.2, 0.25) is 0 Å². The largest absolute Gasteiger partial charge is 0.417 e. The smallest absolute Gasteiger partial charge is 0.341 e. The van der Waals surface area contributed by atoms with Crippen LogP contribution in [-0.4, -0.2) is 12.1 Å². The molecule has 0 saturated heterocycles. The predicted molar refractivity (Wildman–Crippen MR) is 101 cm³/mol. The third kappa shape index (κ3) is 4.86. The fourth-order valence-corrected chi connectivity index (χ4v) is 3.49. The maximum atomic E-state index is 13.5. The zero-order valence-electron chi connectivity index (χ0n) is 14.4. The number of alkyl halides is 3. The van der Waals surface area contributed by atoms with Crippen molar-refractivity contribution in [1.29, 1.82) is 0 Å². The Labute approximate surface area is 163 Å². The van der Waals surface area contributed by atoms with Crippen molar-refractivity contribution >= 4 is 22.8 Å². The Balaban J connectivity index is 1.93. The monoisotopic (exact) mass is 405 g/mol. The second-order valence-electron chi connectivity index (χ2n) is 5.93. The Morgan fingerprint density at radius 3 is 2.21 bits per heavy atom. The number of hydrogen-bond donors (Lipinski definition) is 1. The summed E-state index contributed by atoms with van der Waals surface area (Å²) in [5, 5.41) is 4.39. The van der Waals surface area contributed by atoms with Gasteiger partial charge in [-0.2, -0.15) is 13.2 Å². The van der Waals surface area contributed by atoms with Gasteiger partial charge in [-0.3, -0.25) is 4.79 Å². The van der Waals surface area contributed by atoms with E-state index in [9.17, 15) is 22.4 Å². The first-order valence-electron chi connectivity index (χ1n) is 8.28. The van der Waals surface area contributed by atoms with Crippen LogP contribution in [0.15, 0.2) is 78.2 Å². The highest BCUT2D eigenvalue weighted by molar-refractivity contribution is 7.10. The standard InChI is InChI=1S/C21H15F4NOS/c22-16-10-8-15(9-11-16)20(18-7-4-12-28-18)26-19(27)13-17(21(23,24)25)14-5-2-1-3-6-14/h1-13,20H,(H,26,27)/b17-13-. The van der Waals surface area contributed by atoms with Crippen LogP contribution >= 0.6 is 11.3 Å². The normalized spacial score (nSPS) is 13.2. The highest BCUT2D eigenvalue weighted by atomic mass is 32.1. The minimum atomic E-state index is -4.69. The summed E-state index contributed by atoms with van der Waals surface area (Å²) in [6.45, 7) is 0. The summed E-state index contributed by atoms with van der Waals surface area (Å²) in [7, 11) is 0. The maximum Gasteiger partial charge on any atom is 0.417 e. The van der Waals surface area contributed by atoms with E-state index in [2.05, 4.69) is 5.32 Å². The molecule has 0 bridgehead atoms. The van der Waals surface area contributed by atoms with Crippen LogP contribution in [0.3, 0.4) is 0 Å². The zero-order chi connectivity index (χ0) is 20.1. The van der Waals surface area contributed by atoms with E-state index in [1.165, 1.54) is 59.9 Å². The Morgan fingerprint density at radius 2 is 1.64 bits per heavy atom. The molecule has 0 aliphatic carbocycles. The van der Waals surface area contributed by atoms with Crippen molar-refractivity contribution in [2.24, 2.45) is 0 Å². The molecule has 1 N–H and O–H groups in total.